The fraction of sp³-hybridized carbons (Fsp3) is 1.00. The minimum Gasteiger partial charge on any atom is -0.346 e. The van der Waals surface area contributed by atoms with Crippen molar-refractivity contribution in [3.8, 4) is 0 Å². The van der Waals surface area contributed by atoms with Gasteiger partial charge in [-0.1, -0.05) is 25.3 Å². The quantitative estimate of drug-likeness (QED) is 0.468. The van der Waals surface area contributed by atoms with Gasteiger partial charge in [0.25, 0.3) is 0 Å². The van der Waals surface area contributed by atoms with E-state index in [2.05, 4.69) is 19.6 Å². The van der Waals surface area contributed by atoms with Gasteiger partial charge >= 0.3 is 19.3 Å². The Morgan fingerprint density at radius 2 is 2.00 bits per heavy atom. The van der Waals surface area contributed by atoms with E-state index in [0.29, 0.717) is 9.52 Å². The molecule has 0 nitrogen and oxygen atoms in total. The van der Waals surface area contributed by atoms with Crippen molar-refractivity contribution in [3.05, 3.63) is 0 Å². The lowest BCUT2D eigenvalue weighted by Crippen LogP contribution is -2.22. The lowest BCUT2D eigenvalue weighted by molar-refractivity contribution is 1.62. The summed E-state index contributed by atoms with van der Waals surface area (Å²) in [6, 6.07) is 0. The molecule has 0 saturated heterocycles. The van der Waals surface area contributed by atoms with Gasteiger partial charge in [-0.05, 0) is 9.52 Å². The van der Waals surface area contributed by atoms with Crippen LogP contribution in [-0.4, -0.2) is 36.9 Å². The summed E-state index contributed by atoms with van der Waals surface area (Å²) in [6.45, 7) is 7.36. The molecule has 0 atom stereocenters. The lowest BCUT2D eigenvalue weighted by Gasteiger charge is -2.13. The molecule has 0 aromatic carbocycles. The molecule has 4 heteroatoms. The Balaban J connectivity index is 3.07. The molecular formula is C5H15ClMgSi2. The highest BCUT2D eigenvalue weighted by atomic mass is 35.5. The number of halogens is 1. The van der Waals surface area contributed by atoms with Gasteiger partial charge in [-0.15, -0.1) is 4.17 Å². The predicted molar refractivity (Wildman–Crippen MR) is 53.1 cm³/mol. The molecule has 0 heterocycles. The summed E-state index contributed by atoms with van der Waals surface area (Å²) in [5.74, 6) is 0. The molecule has 0 aromatic heterocycles. The maximum atomic E-state index is 5.72. The number of hydrogen-bond donors (Lipinski definition) is 0. The largest absolute Gasteiger partial charge is 0.497 e. The van der Waals surface area contributed by atoms with Crippen LogP contribution < -0.4 is 0 Å². The van der Waals surface area contributed by atoms with Crippen molar-refractivity contribution in [1.82, 2.24) is 0 Å². The first-order valence-electron chi connectivity index (χ1n) is 3.62. The van der Waals surface area contributed by atoms with Gasteiger partial charge in [0.2, 0.25) is 0 Å². The van der Waals surface area contributed by atoms with E-state index in [-0.39, 0.29) is 19.3 Å². The molecule has 0 aromatic rings. The minimum atomic E-state index is -0.669. The van der Waals surface area contributed by atoms with E-state index >= 15 is 0 Å². The van der Waals surface area contributed by atoms with Crippen molar-refractivity contribution >= 4 is 45.9 Å². The number of rotatable bonds is 4. The molecule has 0 bridgehead atoms. The highest BCUT2D eigenvalue weighted by Crippen LogP contribution is 2.06. The minimum absolute atomic E-state index is 0.0988. The van der Waals surface area contributed by atoms with Gasteiger partial charge in [-0.3, -0.25) is 0 Å². The lowest BCUT2D eigenvalue weighted by atomic mass is 11.7. The Labute approximate surface area is 75.1 Å². The first-order valence-corrected chi connectivity index (χ1v) is 12.5. The van der Waals surface area contributed by atoms with Gasteiger partial charge in [0.05, 0.1) is 0 Å². The van der Waals surface area contributed by atoms with Crippen molar-refractivity contribution in [3.63, 3.8) is 0 Å². The second-order valence-corrected chi connectivity index (χ2v) is 15.9. The average Bonchev–Trinajstić information content (AvgIpc) is 1.63. The zero-order valence-electron chi connectivity index (χ0n) is 6.71. The first kappa shape index (κ1) is 10.5. The molecule has 0 N–H and O–H groups in total. The second-order valence-electron chi connectivity index (χ2n) is 3.71. The molecule has 9 heavy (non-hydrogen) atoms. The second kappa shape index (κ2) is 5.18. The molecule has 0 aliphatic carbocycles. The molecule has 0 aliphatic rings. The Morgan fingerprint density at radius 1 is 1.44 bits per heavy atom. The van der Waals surface area contributed by atoms with Crippen LogP contribution in [0.2, 0.25) is 29.5 Å². The maximum Gasteiger partial charge on any atom is 0.497 e. The van der Waals surface area contributed by atoms with E-state index in [4.69, 9.17) is 9.07 Å². The summed E-state index contributed by atoms with van der Waals surface area (Å²) < 4.78 is 1.48. The fourth-order valence-electron chi connectivity index (χ4n) is 0.750. The summed E-state index contributed by atoms with van der Waals surface area (Å²) in [6.07, 6.45) is 0. The highest BCUT2D eigenvalue weighted by molar-refractivity contribution is 6.98. The van der Waals surface area contributed by atoms with Gasteiger partial charge in [-0.2, -0.15) is 0 Å². The van der Waals surface area contributed by atoms with Crippen LogP contribution >= 0.6 is 9.07 Å². The Kier molecular flexibility index (Phi) is 6.04. The Hall–Kier alpha value is 1.49. The van der Waals surface area contributed by atoms with Gasteiger partial charge in [-0.25, -0.2) is 0 Å². The van der Waals surface area contributed by atoms with Crippen LogP contribution in [0.1, 0.15) is 0 Å². The van der Waals surface area contributed by atoms with E-state index in [1.54, 1.807) is 5.67 Å². The maximum absolute atomic E-state index is 5.72. The third kappa shape index (κ3) is 9.49. The third-order valence-corrected chi connectivity index (χ3v) is 14.2. The van der Waals surface area contributed by atoms with Crippen LogP contribution in [0, 0.1) is 0 Å². The van der Waals surface area contributed by atoms with Gasteiger partial charge < -0.3 is 9.07 Å². The number of hydrogen-bond acceptors (Lipinski definition) is 0. The van der Waals surface area contributed by atoms with Crippen LogP contribution in [0.15, 0.2) is 0 Å². The van der Waals surface area contributed by atoms with Crippen LogP contribution in [0.3, 0.4) is 0 Å². The molecule has 0 unspecified atom stereocenters. The van der Waals surface area contributed by atoms with Crippen LogP contribution in [0.4, 0.5) is 0 Å². The zero-order valence-corrected chi connectivity index (χ0v) is 11.3. The van der Waals surface area contributed by atoms with Crippen molar-refractivity contribution in [2.75, 3.05) is 0 Å². The summed E-state index contributed by atoms with van der Waals surface area (Å²) in [4.78, 5) is 0. The smallest absolute Gasteiger partial charge is 0.346 e. The van der Waals surface area contributed by atoms with Crippen LogP contribution in [0.25, 0.3) is 0 Å². The van der Waals surface area contributed by atoms with Crippen molar-refractivity contribution in [2.24, 2.45) is 0 Å². The third-order valence-electron chi connectivity index (χ3n) is 1.31. The van der Waals surface area contributed by atoms with Gasteiger partial charge in [0.15, 0.2) is 0 Å². The van der Waals surface area contributed by atoms with E-state index in [0.717, 1.165) is 0 Å². The monoisotopic (exact) mass is 190 g/mol. The molecule has 0 spiro atoms. The highest BCUT2D eigenvalue weighted by Gasteiger charge is 2.11. The summed E-state index contributed by atoms with van der Waals surface area (Å²) in [5, 5.41) is 0. The summed E-state index contributed by atoms with van der Waals surface area (Å²) >= 11 is -0.0988. The van der Waals surface area contributed by atoms with E-state index in [1.807, 2.05) is 0 Å². The zero-order chi connectivity index (χ0) is 7.33. The summed E-state index contributed by atoms with van der Waals surface area (Å²) in [7, 11) is 5.35. The van der Waals surface area contributed by atoms with Gasteiger partial charge in [0, 0.05) is 8.07 Å². The SMILES string of the molecule is C[Si](C)(C)C[SiH2][CH2][Mg][Cl]. The Morgan fingerprint density at radius 3 is 2.33 bits per heavy atom. The molecule has 0 fully saturated rings. The molecule has 0 amide bonds. The van der Waals surface area contributed by atoms with Crippen LogP contribution in [0.5, 0.6) is 0 Å². The normalized spacial score (nSPS) is 12.4. The standard InChI is InChI=1S/C5H15Si2.ClH.Mg/c1-6-5-7(2,3)4;;/h1,5-6H2,2-4H3;1H;/q;;+1/p-1. The van der Waals surface area contributed by atoms with Crippen molar-refractivity contribution in [2.45, 2.75) is 29.5 Å². The molecule has 0 aliphatic heterocycles. The molecule has 0 radical (unpaired) electrons. The van der Waals surface area contributed by atoms with E-state index < -0.39 is 8.07 Å². The molecule has 0 saturated carbocycles. The summed E-state index contributed by atoms with van der Waals surface area (Å²) in [5.41, 5.74) is 1.60. The molecule has 52 valence electrons. The predicted octanol–water partition coefficient (Wildman–Crippen LogP) is 1.68. The fourth-order valence-corrected chi connectivity index (χ4v) is 10.7. The van der Waals surface area contributed by atoms with Crippen molar-refractivity contribution in [1.29, 1.82) is 0 Å². The van der Waals surface area contributed by atoms with Gasteiger partial charge in [0.1, 0.15) is 0 Å². The van der Waals surface area contributed by atoms with E-state index in [9.17, 15) is 0 Å². The molecule has 0 rings (SSSR count). The molecular weight excluding hydrogens is 176 g/mol. The van der Waals surface area contributed by atoms with Crippen LogP contribution in [-0.2, 0) is 0 Å². The topological polar surface area (TPSA) is 0 Å². The Bertz CT molecular complexity index is 71.8. The van der Waals surface area contributed by atoms with Crippen molar-refractivity contribution < 1.29 is 0 Å². The average molecular weight is 191 g/mol. The van der Waals surface area contributed by atoms with E-state index in [1.165, 1.54) is 4.17 Å². The first-order chi connectivity index (χ1) is 4.06.